The number of hydrogen-bond acceptors (Lipinski definition) is 2. The molecule has 0 unspecified atom stereocenters. The minimum atomic E-state index is -5.13. The summed E-state index contributed by atoms with van der Waals surface area (Å²) in [6.45, 7) is 0. The van der Waals surface area contributed by atoms with Crippen molar-refractivity contribution in [2.45, 2.75) is 16.2 Å². The van der Waals surface area contributed by atoms with E-state index in [1.807, 2.05) is 0 Å². The van der Waals surface area contributed by atoms with Gasteiger partial charge in [-0.3, -0.25) is 4.79 Å². The maximum Gasteiger partial charge on any atom is 0.471 e. The topological polar surface area (TPSA) is 49.3 Å². The molecule has 0 rings (SSSR count). The highest BCUT2D eigenvalue weighted by Crippen LogP contribution is 2.29. The van der Waals surface area contributed by atoms with Gasteiger partial charge in [-0.25, -0.2) is 0 Å². The van der Waals surface area contributed by atoms with Crippen LogP contribution in [0.3, 0.4) is 0 Å². The van der Waals surface area contributed by atoms with Crippen LogP contribution in [0.5, 0.6) is 0 Å². The zero-order valence-electron chi connectivity index (χ0n) is 5.70. The van der Waals surface area contributed by atoms with Crippen molar-refractivity contribution in [3.63, 3.8) is 0 Å². The number of nitrogens with one attached hydrogen (secondary N) is 1. The molecule has 0 aliphatic carbocycles. The molecule has 2 N–H and O–H groups in total. The number of rotatable bonds is 1. The van der Waals surface area contributed by atoms with E-state index in [1.165, 1.54) is 0 Å². The predicted molar refractivity (Wildman–Crippen MR) is 40.5 cm³/mol. The van der Waals surface area contributed by atoms with Gasteiger partial charge in [0.2, 0.25) is 3.79 Å². The van der Waals surface area contributed by atoms with Gasteiger partial charge in [0.05, 0.1) is 0 Å². The largest absolute Gasteiger partial charge is 0.471 e. The first-order valence-electron chi connectivity index (χ1n) is 2.67. The maximum atomic E-state index is 11.5. The summed E-state index contributed by atoms with van der Waals surface area (Å²) in [4.78, 5) is 10.1. The standard InChI is InChI=1S/C4H3Cl3F3NO2/c5-3(6,7)1(12)11-2(13)4(8,9)10/h1,12H,(H,11,13)/t1-/m0/s1. The Labute approximate surface area is 85.7 Å². The van der Waals surface area contributed by atoms with Crippen molar-refractivity contribution in [2.75, 3.05) is 0 Å². The molecule has 0 aromatic heterocycles. The van der Waals surface area contributed by atoms with Crippen LogP contribution in [0.4, 0.5) is 13.2 Å². The number of alkyl halides is 6. The summed E-state index contributed by atoms with van der Waals surface area (Å²) >= 11 is 14.9. The molecule has 0 heterocycles. The third-order valence-corrected chi connectivity index (χ3v) is 1.46. The molecule has 78 valence electrons. The van der Waals surface area contributed by atoms with Gasteiger partial charge in [0.25, 0.3) is 0 Å². The molecule has 1 amide bonds. The molecule has 0 saturated heterocycles. The van der Waals surface area contributed by atoms with Gasteiger partial charge in [-0.1, -0.05) is 34.8 Å². The number of aliphatic hydroxyl groups is 1. The van der Waals surface area contributed by atoms with Gasteiger partial charge < -0.3 is 10.4 Å². The Bertz CT molecular complexity index is 202. The van der Waals surface area contributed by atoms with E-state index in [4.69, 9.17) is 39.9 Å². The lowest BCUT2D eigenvalue weighted by molar-refractivity contribution is -0.176. The van der Waals surface area contributed by atoms with Crippen LogP contribution in [-0.2, 0) is 4.79 Å². The predicted octanol–water partition coefficient (Wildman–Crippen LogP) is 1.35. The number of halogens is 6. The summed E-state index contributed by atoms with van der Waals surface area (Å²) in [6, 6.07) is 0. The molecule has 0 aliphatic heterocycles. The fraction of sp³-hybridized carbons (Fsp3) is 0.750. The zero-order valence-corrected chi connectivity index (χ0v) is 7.97. The van der Waals surface area contributed by atoms with Gasteiger partial charge in [-0.15, -0.1) is 0 Å². The minimum Gasteiger partial charge on any atom is -0.369 e. The van der Waals surface area contributed by atoms with E-state index < -0.39 is 22.1 Å². The zero-order chi connectivity index (χ0) is 10.9. The van der Waals surface area contributed by atoms with Crippen LogP contribution in [0, 0.1) is 0 Å². The lowest BCUT2D eigenvalue weighted by Gasteiger charge is -2.20. The molecule has 9 heteroatoms. The molecule has 0 fully saturated rings. The second kappa shape index (κ2) is 4.08. The van der Waals surface area contributed by atoms with Crippen LogP contribution in [0.1, 0.15) is 0 Å². The highest BCUT2D eigenvalue weighted by atomic mass is 35.6. The highest BCUT2D eigenvalue weighted by Gasteiger charge is 2.43. The molecule has 0 aromatic carbocycles. The van der Waals surface area contributed by atoms with Gasteiger partial charge in [-0.05, 0) is 0 Å². The number of carbonyl (C=O) groups excluding carboxylic acids is 1. The van der Waals surface area contributed by atoms with Crippen LogP contribution in [0.15, 0.2) is 0 Å². The average Bonchev–Trinajstić information content (AvgIpc) is 1.82. The smallest absolute Gasteiger partial charge is 0.369 e. The molecule has 13 heavy (non-hydrogen) atoms. The summed E-state index contributed by atoms with van der Waals surface area (Å²) in [5, 5.41) is 9.75. The highest BCUT2D eigenvalue weighted by molar-refractivity contribution is 6.68. The molecule has 0 aromatic rings. The first-order valence-corrected chi connectivity index (χ1v) is 3.81. The Morgan fingerprint density at radius 3 is 1.92 bits per heavy atom. The average molecular weight is 260 g/mol. The van der Waals surface area contributed by atoms with E-state index in [9.17, 15) is 18.0 Å². The van der Waals surface area contributed by atoms with Gasteiger partial charge in [-0.2, -0.15) is 13.2 Å². The summed E-state index contributed by atoms with van der Waals surface area (Å²) in [7, 11) is 0. The van der Waals surface area contributed by atoms with Crippen LogP contribution in [0.25, 0.3) is 0 Å². The summed E-state index contributed by atoms with van der Waals surface area (Å²) in [6.07, 6.45) is -7.34. The van der Waals surface area contributed by atoms with Crippen molar-refractivity contribution in [2.24, 2.45) is 0 Å². The molecular weight excluding hydrogens is 257 g/mol. The quantitative estimate of drug-likeness (QED) is 0.552. The van der Waals surface area contributed by atoms with Gasteiger partial charge in [0.15, 0.2) is 6.23 Å². The SMILES string of the molecule is O=C(N[C@@H](O)C(Cl)(Cl)Cl)C(F)(F)F. The molecule has 0 bridgehead atoms. The molecule has 0 spiro atoms. The Morgan fingerprint density at radius 2 is 1.69 bits per heavy atom. The van der Waals surface area contributed by atoms with Crippen LogP contribution in [0.2, 0.25) is 0 Å². The van der Waals surface area contributed by atoms with Crippen molar-refractivity contribution in [3.8, 4) is 0 Å². The number of carbonyl (C=O) groups is 1. The third kappa shape index (κ3) is 4.75. The van der Waals surface area contributed by atoms with Crippen LogP contribution >= 0.6 is 34.8 Å². The molecule has 0 radical (unpaired) electrons. The molecular formula is C4H3Cl3F3NO2. The number of hydrogen-bond donors (Lipinski definition) is 2. The third-order valence-electron chi connectivity index (χ3n) is 0.835. The van der Waals surface area contributed by atoms with E-state index >= 15 is 0 Å². The van der Waals surface area contributed by atoms with Crippen LogP contribution in [-0.4, -0.2) is 27.2 Å². The van der Waals surface area contributed by atoms with Crippen molar-refractivity contribution in [1.82, 2.24) is 5.32 Å². The lowest BCUT2D eigenvalue weighted by Crippen LogP contribution is -2.48. The van der Waals surface area contributed by atoms with E-state index in [1.54, 1.807) is 0 Å². The summed E-state index contributed by atoms with van der Waals surface area (Å²) in [5.74, 6) is -2.38. The normalized spacial score (nSPS) is 15.3. The van der Waals surface area contributed by atoms with E-state index in [2.05, 4.69) is 0 Å². The van der Waals surface area contributed by atoms with Gasteiger partial charge >= 0.3 is 12.1 Å². The Balaban J connectivity index is 4.24. The first kappa shape index (κ1) is 13.1. The molecule has 3 nitrogen and oxygen atoms in total. The summed E-state index contributed by atoms with van der Waals surface area (Å²) in [5.41, 5.74) is 0. The monoisotopic (exact) mass is 259 g/mol. The maximum absolute atomic E-state index is 11.5. The lowest BCUT2D eigenvalue weighted by atomic mass is 10.5. The van der Waals surface area contributed by atoms with Crippen molar-refractivity contribution in [3.05, 3.63) is 0 Å². The van der Waals surface area contributed by atoms with Gasteiger partial charge in [0.1, 0.15) is 0 Å². The summed E-state index contributed by atoms with van der Waals surface area (Å²) < 4.78 is 32.2. The van der Waals surface area contributed by atoms with Crippen LogP contribution < -0.4 is 5.32 Å². The molecule has 0 aliphatic rings. The van der Waals surface area contributed by atoms with Gasteiger partial charge in [0, 0.05) is 0 Å². The Morgan fingerprint density at radius 1 is 1.31 bits per heavy atom. The Kier molecular flexibility index (Phi) is 4.11. The number of aliphatic hydroxyl groups excluding tert-OH is 1. The van der Waals surface area contributed by atoms with Crippen molar-refractivity contribution < 1.29 is 23.1 Å². The van der Waals surface area contributed by atoms with Crippen molar-refractivity contribution >= 4 is 40.7 Å². The van der Waals surface area contributed by atoms with E-state index in [0.29, 0.717) is 0 Å². The second-order valence-corrected chi connectivity index (χ2v) is 4.28. The minimum absolute atomic E-state index is 1.06. The number of amides is 1. The van der Waals surface area contributed by atoms with E-state index in [-0.39, 0.29) is 0 Å². The Hall–Kier alpha value is 0.0900. The fourth-order valence-corrected chi connectivity index (χ4v) is 0.452. The fourth-order valence-electron chi connectivity index (χ4n) is 0.288. The second-order valence-electron chi connectivity index (χ2n) is 1.92. The molecule has 1 atom stereocenters. The first-order chi connectivity index (χ1) is 5.55. The van der Waals surface area contributed by atoms with E-state index in [0.717, 1.165) is 5.32 Å². The molecule has 0 saturated carbocycles. The van der Waals surface area contributed by atoms with Crippen molar-refractivity contribution in [1.29, 1.82) is 0 Å².